The minimum atomic E-state index is -3.62. The van der Waals surface area contributed by atoms with Crippen LogP contribution in [0.25, 0.3) is 0 Å². The highest BCUT2D eigenvalue weighted by Crippen LogP contribution is 2.25. The fourth-order valence-electron chi connectivity index (χ4n) is 3.00. The van der Waals surface area contributed by atoms with Gasteiger partial charge in [-0.25, -0.2) is 8.42 Å². The van der Waals surface area contributed by atoms with E-state index in [0.29, 0.717) is 30.2 Å². The molecule has 0 atom stereocenters. The Morgan fingerprint density at radius 1 is 1.07 bits per heavy atom. The van der Waals surface area contributed by atoms with Crippen LogP contribution in [0, 0.1) is 0 Å². The van der Waals surface area contributed by atoms with E-state index in [4.69, 9.17) is 0 Å². The van der Waals surface area contributed by atoms with Crippen LogP contribution in [0.3, 0.4) is 0 Å². The smallest absolute Gasteiger partial charge is 0.257 e. The Balaban J connectivity index is 1.52. The Labute approximate surface area is 160 Å². The maximum Gasteiger partial charge on any atom is 0.257 e. The number of anilines is 1. The first kappa shape index (κ1) is 17.8. The van der Waals surface area contributed by atoms with Crippen LogP contribution >= 0.6 is 11.3 Å². The van der Waals surface area contributed by atoms with Crippen molar-refractivity contribution in [2.75, 3.05) is 11.9 Å². The number of nitrogens with one attached hydrogen (secondary N) is 1. The Morgan fingerprint density at radius 2 is 1.81 bits per heavy atom. The number of carbonyl (C=O) groups is 1. The number of hydrogen-bond acceptors (Lipinski definition) is 6. The molecular formula is C18H16N4O3S2. The highest BCUT2D eigenvalue weighted by Gasteiger charge is 2.28. The molecule has 1 aliphatic heterocycles. The zero-order valence-corrected chi connectivity index (χ0v) is 15.8. The second-order valence-corrected chi connectivity index (χ2v) is 8.85. The second kappa shape index (κ2) is 7.18. The first-order valence-corrected chi connectivity index (χ1v) is 10.6. The molecule has 1 aromatic heterocycles. The van der Waals surface area contributed by atoms with Crippen LogP contribution in [0.4, 0.5) is 5.13 Å². The fourth-order valence-corrected chi connectivity index (χ4v) is 4.86. The standard InChI is InChI=1S/C18H16N4O3S2/c23-17(20-18-21-19-12-26-18)14-5-7-16(8-6-14)27(24,25)22-10-9-13-3-1-2-4-15(13)11-22/h1-8,12H,9-11H2,(H,20,21,23). The molecule has 0 bridgehead atoms. The van der Waals surface area contributed by atoms with Gasteiger partial charge in [0.1, 0.15) is 5.51 Å². The van der Waals surface area contributed by atoms with Crippen LogP contribution in [0.1, 0.15) is 21.5 Å². The summed E-state index contributed by atoms with van der Waals surface area (Å²) in [6.07, 6.45) is 0.692. The summed E-state index contributed by atoms with van der Waals surface area (Å²) in [5.74, 6) is -0.359. The van der Waals surface area contributed by atoms with E-state index in [-0.39, 0.29) is 10.8 Å². The topological polar surface area (TPSA) is 92.3 Å². The van der Waals surface area contributed by atoms with Gasteiger partial charge >= 0.3 is 0 Å². The number of amides is 1. The van der Waals surface area contributed by atoms with Gasteiger partial charge in [0.25, 0.3) is 5.91 Å². The van der Waals surface area contributed by atoms with Crippen molar-refractivity contribution in [2.24, 2.45) is 0 Å². The van der Waals surface area contributed by atoms with Gasteiger partial charge < -0.3 is 0 Å². The van der Waals surface area contributed by atoms with E-state index >= 15 is 0 Å². The third-order valence-corrected chi connectivity index (χ3v) is 6.90. The Hall–Kier alpha value is -2.62. The minimum Gasteiger partial charge on any atom is -0.296 e. The molecule has 138 valence electrons. The van der Waals surface area contributed by atoms with E-state index in [1.165, 1.54) is 51.0 Å². The third kappa shape index (κ3) is 3.61. The average Bonchev–Trinajstić information content (AvgIpc) is 3.20. The molecule has 4 rings (SSSR count). The van der Waals surface area contributed by atoms with Crippen LogP contribution < -0.4 is 5.32 Å². The zero-order valence-electron chi connectivity index (χ0n) is 14.2. The molecule has 0 aliphatic carbocycles. The van der Waals surface area contributed by atoms with Gasteiger partial charge in [-0.2, -0.15) is 4.31 Å². The van der Waals surface area contributed by atoms with E-state index in [1.807, 2.05) is 24.3 Å². The van der Waals surface area contributed by atoms with Crippen molar-refractivity contribution in [3.8, 4) is 0 Å². The summed E-state index contributed by atoms with van der Waals surface area (Å²) in [4.78, 5) is 12.4. The van der Waals surface area contributed by atoms with Crippen LogP contribution in [0.2, 0.25) is 0 Å². The third-order valence-electron chi connectivity index (χ3n) is 4.43. The van der Waals surface area contributed by atoms with Crippen LogP contribution in [-0.4, -0.2) is 35.4 Å². The van der Waals surface area contributed by atoms with Crippen molar-refractivity contribution in [1.29, 1.82) is 0 Å². The number of fused-ring (bicyclic) bond motifs is 1. The monoisotopic (exact) mass is 400 g/mol. The van der Waals surface area contributed by atoms with Gasteiger partial charge in [-0.15, -0.1) is 10.2 Å². The Kier molecular flexibility index (Phi) is 4.73. The number of rotatable bonds is 4. The van der Waals surface area contributed by atoms with Gasteiger partial charge in [0, 0.05) is 18.7 Å². The predicted molar refractivity (Wildman–Crippen MR) is 102 cm³/mol. The van der Waals surface area contributed by atoms with Gasteiger partial charge in [0.2, 0.25) is 15.2 Å². The van der Waals surface area contributed by atoms with Gasteiger partial charge in [-0.05, 0) is 41.8 Å². The van der Waals surface area contributed by atoms with Crippen molar-refractivity contribution in [1.82, 2.24) is 14.5 Å². The molecule has 3 aromatic rings. The summed E-state index contributed by atoms with van der Waals surface area (Å²) < 4.78 is 27.4. The van der Waals surface area contributed by atoms with Crippen LogP contribution in [0.15, 0.2) is 58.9 Å². The van der Waals surface area contributed by atoms with Crippen molar-refractivity contribution in [3.63, 3.8) is 0 Å². The van der Waals surface area contributed by atoms with Gasteiger partial charge in [-0.3, -0.25) is 10.1 Å². The largest absolute Gasteiger partial charge is 0.296 e. The van der Waals surface area contributed by atoms with E-state index in [1.54, 1.807) is 0 Å². The van der Waals surface area contributed by atoms with E-state index < -0.39 is 10.0 Å². The van der Waals surface area contributed by atoms with Crippen molar-refractivity contribution in [3.05, 3.63) is 70.7 Å². The van der Waals surface area contributed by atoms with Crippen molar-refractivity contribution >= 4 is 32.4 Å². The van der Waals surface area contributed by atoms with Crippen LogP contribution in [-0.2, 0) is 23.0 Å². The summed E-state index contributed by atoms with van der Waals surface area (Å²) in [7, 11) is -3.62. The lowest BCUT2D eigenvalue weighted by atomic mass is 10.0. The number of sulfonamides is 1. The Bertz CT molecular complexity index is 1060. The second-order valence-electron chi connectivity index (χ2n) is 6.08. The lowest BCUT2D eigenvalue weighted by Crippen LogP contribution is -2.35. The lowest BCUT2D eigenvalue weighted by Gasteiger charge is -2.28. The number of benzene rings is 2. The predicted octanol–water partition coefficient (Wildman–Crippen LogP) is 2.54. The van der Waals surface area contributed by atoms with Gasteiger partial charge in [0.05, 0.1) is 4.90 Å². The Morgan fingerprint density at radius 3 is 2.52 bits per heavy atom. The number of carbonyl (C=O) groups excluding carboxylic acids is 1. The molecule has 27 heavy (non-hydrogen) atoms. The molecule has 9 heteroatoms. The maximum atomic E-state index is 12.9. The molecule has 0 saturated carbocycles. The summed E-state index contributed by atoms with van der Waals surface area (Å²) in [5, 5.41) is 10.4. The number of nitrogens with zero attached hydrogens (tertiary/aromatic N) is 3. The molecule has 1 amide bonds. The molecule has 0 spiro atoms. The minimum absolute atomic E-state index is 0.175. The van der Waals surface area contributed by atoms with E-state index in [2.05, 4.69) is 15.5 Å². The molecule has 0 saturated heterocycles. The highest BCUT2D eigenvalue weighted by molar-refractivity contribution is 7.89. The quantitative estimate of drug-likeness (QED) is 0.727. The SMILES string of the molecule is O=C(Nc1nncs1)c1ccc(S(=O)(=O)N2CCc3ccccc3C2)cc1. The number of aromatic nitrogens is 2. The molecule has 1 N–H and O–H groups in total. The first-order chi connectivity index (χ1) is 13.0. The summed E-state index contributed by atoms with van der Waals surface area (Å²) in [5.41, 5.74) is 4.09. The molecule has 1 aliphatic rings. The summed E-state index contributed by atoms with van der Waals surface area (Å²) in [6.45, 7) is 0.802. The summed E-state index contributed by atoms with van der Waals surface area (Å²) in [6, 6.07) is 13.8. The molecule has 0 fully saturated rings. The van der Waals surface area contributed by atoms with E-state index in [0.717, 1.165) is 5.56 Å². The number of hydrogen-bond donors (Lipinski definition) is 1. The van der Waals surface area contributed by atoms with Gasteiger partial charge in [-0.1, -0.05) is 35.6 Å². The maximum absolute atomic E-state index is 12.9. The summed E-state index contributed by atoms with van der Waals surface area (Å²) >= 11 is 1.21. The molecular weight excluding hydrogens is 384 g/mol. The first-order valence-electron chi connectivity index (χ1n) is 8.28. The molecule has 7 nitrogen and oxygen atoms in total. The van der Waals surface area contributed by atoms with Crippen LogP contribution in [0.5, 0.6) is 0 Å². The molecule has 0 radical (unpaired) electrons. The van der Waals surface area contributed by atoms with Crippen molar-refractivity contribution in [2.45, 2.75) is 17.9 Å². The van der Waals surface area contributed by atoms with Crippen molar-refractivity contribution < 1.29 is 13.2 Å². The van der Waals surface area contributed by atoms with Gasteiger partial charge in [0.15, 0.2) is 0 Å². The zero-order chi connectivity index (χ0) is 18.9. The average molecular weight is 400 g/mol. The molecule has 2 aromatic carbocycles. The molecule has 2 heterocycles. The molecule has 0 unspecified atom stereocenters. The van der Waals surface area contributed by atoms with E-state index in [9.17, 15) is 13.2 Å². The fraction of sp³-hybridized carbons (Fsp3) is 0.167. The highest BCUT2D eigenvalue weighted by atomic mass is 32.2. The lowest BCUT2D eigenvalue weighted by molar-refractivity contribution is 0.102. The normalized spacial score (nSPS) is 14.5.